The van der Waals surface area contributed by atoms with Gasteiger partial charge in [0.2, 0.25) is 5.91 Å². The van der Waals surface area contributed by atoms with Crippen molar-refractivity contribution in [2.45, 2.75) is 50.6 Å². The van der Waals surface area contributed by atoms with Gasteiger partial charge in [0, 0.05) is 24.2 Å². The zero-order valence-electron chi connectivity index (χ0n) is 12.5. The van der Waals surface area contributed by atoms with Gasteiger partial charge in [0.15, 0.2) is 0 Å². The minimum atomic E-state index is -4.71. The van der Waals surface area contributed by atoms with E-state index in [0.29, 0.717) is 30.1 Å². The van der Waals surface area contributed by atoms with Crippen LogP contribution in [0.4, 0.5) is 18.9 Å². The molecule has 3 rings (SSSR count). The second-order valence-corrected chi connectivity index (χ2v) is 6.30. The third-order valence-electron chi connectivity index (χ3n) is 4.42. The van der Waals surface area contributed by atoms with Crippen LogP contribution in [0.5, 0.6) is 5.75 Å². The number of carbonyl (C=O) groups excluding carboxylic acids is 1. The zero-order chi connectivity index (χ0) is 16.4. The average molecular weight is 328 g/mol. The SMILES string of the molecule is O=C(CC1CC2CCC(C1)N2)Nc1ccc(OC(F)(F)F)cc1. The van der Waals surface area contributed by atoms with E-state index < -0.39 is 6.36 Å². The fourth-order valence-corrected chi connectivity index (χ4v) is 3.56. The highest BCUT2D eigenvalue weighted by atomic mass is 19.4. The van der Waals surface area contributed by atoms with Crippen molar-refractivity contribution in [3.8, 4) is 5.75 Å². The Morgan fingerprint density at radius 3 is 2.35 bits per heavy atom. The van der Waals surface area contributed by atoms with E-state index in [4.69, 9.17) is 0 Å². The molecule has 2 bridgehead atoms. The number of fused-ring (bicyclic) bond motifs is 2. The lowest BCUT2D eigenvalue weighted by Crippen LogP contribution is -2.39. The monoisotopic (exact) mass is 328 g/mol. The highest BCUT2D eigenvalue weighted by molar-refractivity contribution is 5.90. The number of nitrogens with one attached hydrogen (secondary N) is 2. The average Bonchev–Trinajstić information content (AvgIpc) is 2.78. The molecular formula is C16H19F3N2O2. The Labute approximate surface area is 132 Å². The van der Waals surface area contributed by atoms with Gasteiger partial charge in [-0.2, -0.15) is 0 Å². The quantitative estimate of drug-likeness (QED) is 0.890. The van der Waals surface area contributed by atoms with Crippen LogP contribution in [-0.4, -0.2) is 24.4 Å². The van der Waals surface area contributed by atoms with Crippen molar-refractivity contribution in [3.63, 3.8) is 0 Å². The molecular weight excluding hydrogens is 309 g/mol. The molecule has 1 amide bonds. The standard InChI is InChI=1S/C16H19F3N2O2/c17-16(18,19)23-14-5-3-11(4-6-14)21-15(22)9-10-7-12-1-2-13(8-10)20-12/h3-6,10,12-13,20H,1-2,7-9H2,(H,21,22). The molecule has 4 nitrogen and oxygen atoms in total. The van der Waals surface area contributed by atoms with Gasteiger partial charge < -0.3 is 15.4 Å². The van der Waals surface area contributed by atoms with E-state index >= 15 is 0 Å². The molecule has 1 aromatic carbocycles. The summed E-state index contributed by atoms with van der Waals surface area (Å²) in [6.45, 7) is 0. The molecule has 2 aliphatic heterocycles. The number of rotatable bonds is 4. The molecule has 0 spiro atoms. The first-order valence-corrected chi connectivity index (χ1v) is 7.79. The van der Waals surface area contributed by atoms with E-state index in [1.165, 1.54) is 37.1 Å². The Morgan fingerprint density at radius 2 is 1.78 bits per heavy atom. The summed E-state index contributed by atoms with van der Waals surface area (Å²) in [5.41, 5.74) is 0.474. The maximum atomic E-state index is 12.1. The molecule has 1 aromatic rings. The Hall–Kier alpha value is -1.76. The number of carbonyl (C=O) groups is 1. The Morgan fingerprint density at radius 1 is 1.17 bits per heavy atom. The van der Waals surface area contributed by atoms with Crippen molar-refractivity contribution in [3.05, 3.63) is 24.3 Å². The Kier molecular flexibility index (Phi) is 4.48. The van der Waals surface area contributed by atoms with Gasteiger partial charge in [-0.05, 0) is 55.9 Å². The van der Waals surface area contributed by atoms with Crippen LogP contribution in [0.2, 0.25) is 0 Å². The van der Waals surface area contributed by atoms with Crippen LogP contribution in [0.3, 0.4) is 0 Å². The minimum absolute atomic E-state index is 0.0965. The van der Waals surface area contributed by atoms with Crippen LogP contribution >= 0.6 is 0 Å². The molecule has 2 N–H and O–H groups in total. The molecule has 23 heavy (non-hydrogen) atoms. The van der Waals surface area contributed by atoms with Crippen molar-refractivity contribution in [2.75, 3.05) is 5.32 Å². The summed E-state index contributed by atoms with van der Waals surface area (Å²) in [7, 11) is 0. The molecule has 2 fully saturated rings. The van der Waals surface area contributed by atoms with Gasteiger partial charge >= 0.3 is 6.36 Å². The summed E-state index contributed by atoms with van der Waals surface area (Å²) in [4.78, 5) is 12.1. The van der Waals surface area contributed by atoms with Crippen molar-refractivity contribution in [1.29, 1.82) is 0 Å². The molecule has 0 radical (unpaired) electrons. The maximum Gasteiger partial charge on any atom is 0.573 e. The molecule has 2 atom stereocenters. The molecule has 0 aliphatic carbocycles. The molecule has 0 aromatic heterocycles. The molecule has 2 heterocycles. The van der Waals surface area contributed by atoms with Crippen LogP contribution in [0.25, 0.3) is 0 Å². The van der Waals surface area contributed by atoms with E-state index in [1.807, 2.05) is 0 Å². The summed E-state index contributed by atoms with van der Waals surface area (Å²) >= 11 is 0. The summed E-state index contributed by atoms with van der Waals surface area (Å²) in [6, 6.07) is 6.26. The number of alkyl halides is 3. The number of amides is 1. The third-order valence-corrected chi connectivity index (χ3v) is 4.42. The van der Waals surface area contributed by atoms with E-state index in [0.717, 1.165) is 12.8 Å². The topological polar surface area (TPSA) is 50.4 Å². The van der Waals surface area contributed by atoms with Crippen molar-refractivity contribution >= 4 is 11.6 Å². The minimum Gasteiger partial charge on any atom is -0.406 e. The number of hydrogen-bond donors (Lipinski definition) is 2. The molecule has 126 valence electrons. The zero-order valence-corrected chi connectivity index (χ0v) is 12.5. The second-order valence-electron chi connectivity index (χ2n) is 6.30. The summed E-state index contributed by atoms with van der Waals surface area (Å²) in [5.74, 6) is -0.0206. The Balaban J connectivity index is 1.50. The van der Waals surface area contributed by atoms with Gasteiger partial charge in [0.25, 0.3) is 0 Å². The normalized spacial score (nSPS) is 26.8. The number of benzene rings is 1. The van der Waals surface area contributed by atoms with Gasteiger partial charge in [0.05, 0.1) is 0 Å². The highest BCUT2D eigenvalue weighted by Crippen LogP contribution is 2.33. The summed E-state index contributed by atoms with van der Waals surface area (Å²) < 4.78 is 40.0. The lowest BCUT2D eigenvalue weighted by atomic mass is 9.89. The predicted molar refractivity (Wildman–Crippen MR) is 79.0 cm³/mol. The third kappa shape index (κ3) is 4.60. The Bertz CT molecular complexity index is 547. The van der Waals surface area contributed by atoms with E-state index in [1.54, 1.807) is 0 Å². The first-order valence-electron chi connectivity index (χ1n) is 7.79. The largest absolute Gasteiger partial charge is 0.573 e. The number of piperidine rings is 1. The number of hydrogen-bond acceptors (Lipinski definition) is 3. The first-order chi connectivity index (χ1) is 10.9. The number of ether oxygens (including phenoxy) is 1. The van der Waals surface area contributed by atoms with E-state index in [9.17, 15) is 18.0 Å². The van der Waals surface area contributed by atoms with Crippen molar-refractivity contribution in [2.24, 2.45) is 5.92 Å². The molecule has 2 saturated heterocycles. The van der Waals surface area contributed by atoms with Gasteiger partial charge in [-0.3, -0.25) is 4.79 Å². The van der Waals surface area contributed by atoms with Gasteiger partial charge in [-0.1, -0.05) is 0 Å². The molecule has 0 saturated carbocycles. The summed E-state index contributed by atoms with van der Waals surface area (Å²) in [6.07, 6.45) is 0.145. The van der Waals surface area contributed by atoms with Crippen LogP contribution in [0.15, 0.2) is 24.3 Å². The fourth-order valence-electron chi connectivity index (χ4n) is 3.56. The first kappa shape index (κ1) is 16.1. The van der Waals surface area contributed by atoms with Crippen LogP contribution in [-0.2, 0) is 4.79 Å². The van der Waals surface area contributed by atoms with Crippen LogP contribution in [0.1, 0.15) is 32.1 Å². The lowest BCUT2D eigenvalue weighted by Gasteiger charge is -2.28. The highest BCUT2D eigenvalue weighted by Gasteiger charge is 2.34. The van der Waals surface area contributed by atoms with E-state index in [-0.39, 0.29) is 11.7 Å². The van der Waals surface area contributed by atoms with Gasteiger partial charge in [-0.25, -0.2) is 0 Å². The fraction of sp³-hybridized carbons (Fsp3) is 0.562. The number of anilines is 1. The second kappa shape index (κ2) is 6.39. The molecule has 2 unspecified atom stereocenters. The maximum absolute atomic E-state index is 12.1. The summed E-state index contributed by atoms with van der Waals surface area (Å²) in [5, 5.41) is 6.26. The van der Waals surface area contributed by atoms with Gasteiger partial charge in [-0.15, -0.1) is 13.2 Å². The van der Waals surface area contributed by atoms with Gasteiger partial charge in [0.1, 0.15) is 5.75 Å². The van der Waals surface area contributed by atoms with Crippen molar-refractivity contribution < 1.29 is 22.7 Å². The van der Waals surface area contributed by atoms with Crippen molar-refractivity contribution in [1.82, 2.24) is 5.32 Å². The number of halogens is 3. The smallest absolute Gasteiger partial charge is 0.406 e. The molecule has 7 heteroatoms. The van der Waals surface area contributed by atoms with Crippen LogP contribution < -0.4 is 15.4 Å². The molecule has 2 aliphatic rings. The van der Waals surface area contributed by atoms with E-state index in [2.05, 4.69) is 15.4 Å². The predicted octanol–water partition coefficient (Wildman–Crippen LogP) is 3.44. The van der Waals surface area contributed by atoms with Crippen LogP contribution in [0, 0.1) is 5.92 Å². The lowest BCUT2D eigenvalue weighted by molar-refractivity contribution is -0.274.